The average Bonchev–Trinajstić information content (AvgIpc) is 3.36. The number of nitrogens with zero attached hydrogens (tertiary/aromatic N) is 3. The van der Waals surface area contributed by atoms with Crippen molar-refractivity contribution in [1.82, 2.24) is 20.5 Å². The second-order valence-corrected chi connectivity index (χ2v) is 14.3. The number of fused-ring (bicyclic) bond motifs is 2. The highest BCUT2D eigenvalue weighted by Gasteiger charge is 2.56. The monoisotopic (exact) mass is 684 g/mol. The summed E-state index contributed by atoms with van der Waals surface area (Å²) in [6.07, 6.45) is -0.415. The highest BCUT2D eigenvalue weighted by Crippen LogP contribution is 2.45. The van der Waals surface area contributed by atoms with E-state index in [4.69, 9.17) is 18.9 Å². The smallest absolute Gasteiger partial charge is 0.415 e. The molecule has 3 aliphatic heterocycles. The molecule has 3 aromatic rings. The van der Waals surface area contributed by atoms with Crippen molar-refractivity contribution in [3.05, 3.63) is 66.2 Å². The molecule has 2 saturated heterocycles. The van der Waals surface area contributed by atoms with E-state index in [9.17, 15) is 14.4 Å². The molecule has 264 valence electrons. The normalized spacial score (nSPS) is 22.6. The molecule has 50 heavy (non-hydrogen) atoms. The number of carbonyl (C=O) groups excluding carboxylic acids is 3. The molecule has 0 bridgehead atoms. The second kappa shape index (κ2) is 14.2. The Bertz CT molecular complexity index is 1730. The molecule has 0 radical (unpaired) electrons. The topological polar surface area (TPSA) is 144 Å². The van der Waals surface area contributed by atoms with Crippen molar-refractivity contribution in [1.29, 1.82) is 0 Å². The molecule has 1 aromatic heterocycles. The number of piperidine rings is 1. The summed E-state index contributed by atoms with van der Waals surface area (Å²) in [5.41, 5.74) is 2.85. The minimum absolute atomic E-state index is 0.0523. The maximum absolute atomic E-state index is 12.6. The van der Waals surface area contributed by atoms with E-state index in [1.807, 2.05) is 32.9 Å². The van der Waals surface area contributed by atoms with E-state index in [0.29, 0.717) is 61.9 Å². The zero-order valence-corrected chi connectivity index (χ0v) is 28.6. The SMILES string of the molecule is CC(C)(C)OC(=O)NC1[C@H]2CN(CCOc3cccc(-c4cccc(CNCC[C@H]5CN(c6ccc7c(n6)NC(=O)CO7)C(=O)O5)c4)c3)C[C@@H]12. The molecule has 1 saturated carbocycles. The molecule has 13 nitrogen and oxygen atoms in total. The molecule has 0 spiro atoms. The number of likely N-dealkylation sites (tertiary alicyclic amines) is 1. The first-order chi connectivity index (χ1) is 24.1. The summed E-state index contributed by atoms with van der Waals surface area (Å²) in [6, 6.07) is 20.2. The predicted octanol–water partition coefficient (Wildman–Crippen LogP) is 4.42. The van der Waals surface area contributed by atoms with Gasteiger partial charge < -0.3 is 34.9 Å². The van der Waals surface area contributed by atoms with Crippen LogP contribution in [0.3, 0.4) is 0 Å². The van der Waals surface area contributed by atoms with Crippen molar-refractivity contribution < 1.29 is 33.3 Å². The highest BCUT2D eigenvalue weighted by atomic mass is 16.6. The number of benzene rings is 2. The standard InChI is InChI=1S/C37H44N6O7/c1-37(2,3)50-35(45)41-33-28-20-42(21-29(28)33)14-15-47-26-9-5-8-25(17-26)24-7-4-6-23(16-24)18-38-13-12-27-19-43(36(46)49-27)31-11-10-30-34(39-31)40-32(44)22-48-30/h4-11,16-17,27-29,33,38H,12-15,18-22H2,1-3H3,(H,41,45)(H,39,40,44)/t27-,28-,29+,33?/m0/s1. The van der Waals surface area contributed by atoms with E-state index in [1.165, 1.54) is 4.90 Å². The fourth-order valence-electron chi connectivity index (χ4n) is 6.83. The van der Waals surface area contributed by atoms with Crippen LogP contribution in [0.1, 0.15) is 32.8 Å². The molecule has 3 amide bonds. The van der Waals surface area contributed by atoms with Crippen LogP contribution in [0.15, 0.2) is 60.7 Å². The number of pyridine rings is 1. The summed E-state index contributed by atoms with van der Waals surface area (Å²) in [6.45, 7) is 10.7. The van der Waals surface area contributed by atoms with Crippen molar-refractivity contribution in [2.75, 3.05) is 56.2 Å². The van der Waals surface area contributed by atoms with E-state index in [2.05, 4.69) is 62.2 Å². The molecule has 3 fully saturated rings. The van der Waals surface area contributed by atoms with Crippen molar-refractivity contribution in [3.63, 3.8) is 0 Å². The molecule has 4 atom stereocenters. The van der Waals surface area contributed by atoms with Crippen molar-refractivity contribution in [2.24, 2.45) is 11.8 Å². The van der Waals surface area contributed by atoms with Crippen molar-refractivity contribution >= 4 is 29.7 Å². The molecule has 4 heterocycles. The molecular formula is C37H44N6O7. The van der Waals surface area contributed by atoms with E-state index < -0.39 is 11.7 Å². The Kier molecular flexibility index (Phi) is 9.52. The minimum Gasteiger partial charge on any atom is -0.492 e. The maximum atomic E-state index is 12.6. The van der Waals surface area contributed by atoms with Crippen LogP contribution in [0.4, 0.5) is 21.2 Å². The lowest BCUT2D eigenvalue weighted by Crippen LogP contribution is -2.38. The Balaban J connectivity index is 0.826. The van der Waals surface area contributed by atoms with Crippen LogP contribution >= 0.6 is 0 Å². The van der Waals surface area contributed by atoms with Gasteiger partial charge in [0.05, 0.1) is 6.54 Å². The number of hydrogen-bond acceptors (Lipinski definition) is 10. The zero-order chi connectivity index (χ0) is 34.8. The van der Waals surface area contributed by atoms with Gasteiger partial charge in [-0.15, -0.1) is 0 Å². The summed E-state index contributed by atoms with van der Waals surface area (Å²) in [7, 11) is 0. The first kappa shape index (κ1) is 33.6. The van der Waals surface area contributed by atoms with Gasteiger partial charge in [-0.25, -0.2) is 14.6 Å². The predicted molar refractivity (Wildman–Crippen MR) is 186 cm³/mol. The Morgan fingerprint density at radius 1 is 1.02 bits per heavy atom. The van der Waals surface area contributed by atoms with E-state index in [0.717, 1.165) is 42.1 Å². The molecule has 4 aliphatic rings. The lowest BCUT2D eigenvalue weighted by atomic mass is 10.0. The van der Waals surface area contributed by atoms with Crippen molar-refractivity contribution in [3.8, 4) is 22.6 Å². The molecular weight excluding hydrogens is 640 g/mol. The number of hydrogen-bond donors (Lipinski definition) is 3. The number of alkyl carbamates (subject to hydrolysis) is 1. The number of nitrogens with one attached hydrogen (secondary N) is 3. The van der Waals surface area contributed by atoms with Crippen LogP contribution in [-0.4, -0.2) is 91.7 Å². The van der Waals surface area contributed by atoms with Crippen LogP contribution in [0.2, 0.25) is 0 Å². The van der Waals surface area contributed by atoms with Gasteiger partial charge in [-0.2, -0.15) is 0 Å². The van der Waals surface area contributed by atoms with Gasteiger partial charge in [-0.1, -0.05) is 30.3 Å². The quantitative estimate of drug-likeness (QED) is 0.235. The number of ether oxygens (including phenoxy) is 4. The summed E-state index contributed by atoms with van der Waals surface area (Å²) in [4.78, 5) is 44.6. The van der Waals surface area contributed by atoms with Crippen molar-refractivity contribution in [2.45, 2.75) is 51.5 Å². The third kappa shape index (κ3) is 8.11. The number of amides is 3. The highest BCUT2D eigenvalue weighted by molar-refractivity contribution is 5.95. The van der Waals surface area contributed by atoms with E-state index in [-0.39, 0.29) is 30.8 Å². The Morgan fingerprint density at radius 3 is 2.60 bits per heavy atom. The van der Waals surface area contributed by atoms with Gasteiger partial charge in [0.15, 0.2) is 18.2 Å². The third-order valence-electron chi connectivity index (χ3n) is 9.31. The lowest BCUT2D eigenvalue weighted by Gasteiger charge is -2.22. The number of anilines is 2. The summed E-state index contributed by atoms with van der Waals surface area (Å²) < 4.78 is 22.5. The summed E-state index contributed by atoms with van der Waals surface area (Å²) in [5, 5.41) is 9.17. The fourth-order valence-corrected chi connectivity index (χ4v) is 6.83. The molecule has 13 heteroatoms. The fraction of sp³-hybridized carbons (Fsp3) is 0.459. The first-order valence-corrected chi connectivity index (χ1v) is 17.2. The number of cyclic esters (lactones) is 1. The van der Waals surface area contributed by atoms with Gasteiger partial charge in [0, 0.05) is 32.2 Å². The molecule has 7 rings (SSSR count). The summed E-state index contributed by atoms with van der Waals surface area (Å²) in [5.74, 6) is 2.73. The second-order valence-electron chi connectivity index (χ2n) is 14.3. The zero-order valence-electron chi connectivity index (χ0n) is 28.6. The lowest BCUT2D eigenvalue weighted by molar-refractivity contribution is -0.118. The van der Waals surface area contributed by atoms with E-state index >= 15 is 0 Å². The van der Waals surface area contributed by atoms with Gasteiger partial charge in [0.25, 0.3) is 5.91 Å². The summed E-state index contributed by atoms with van der Waals surface area (Å²) >= 11 is 0. The van der Waals surface area contributed by atoms with Crippen LogP contribution in [0, 0.1) is 11.8 Å². The van der Waals surface area contributed by atoms with Crippen LogP contribution < -0.4 is 30.3 Å². The average molecular weight is 685 g/mol. The van der Waals surface area contributed by atoms with Crippen LogP contribution in [0.5, 0.6) is 11.5 Å². The van der Waals surface area contributed by atoms with Gasteiger partial charge >= 0.3 is 12.2 Å². The Labute approximate surface area is 291 Å². The molecule has 1 unspecified atom stereocenters. The molecule has 3 N–H and O–H groups in total. The largest absolute Gasteiger partial charge is 0.492 e. The minimum atomic E-state index is -0.487. The number of aromatic nitrogens is 1. The van der Waals surface area contributed by atoms with Gasteiger partial charge in [-0.05, 0) is 92.6 Å². The van der Waals surface area contributed by atoms with Crippen LogP contribution in [-0.2, 0) is 20.8 Å². The molecule has 1 aliphatic carbocycles. The molecule has 2 aromatic carbocycles. The van der Waals surface area contributed by atoms with Gasteiger partial charge in [-0.3, -0.25) is 14.6 Å². The number of rotatable bonds is 12. The maximum Gasteiger partial charge on any atom is 0.415 e. The third-order valence-corrected chi connectivity index (χ3v) is 9.31. The van der Waals surface area contributed by atoms with Gasteiger partial charge in [0.2, 0.25) is 0 Å². The van der Waals surface area contributed by atoms with E-state index in [1.54, 1.807) is 12.1 Å². The number of carbonyl (C=O) groups is 3. The van der Waals surface area contributed by atoms with Crippen LogP contribution in [0.25, 0.3) is 11.1 Å². The van der Waals surface area contributed by atoms with Gasteiger partial charge in [0.1, 0.15) is 29.9 Å². The first-order valence-electron chi connectivity index (χ1n) is 17.2. The Morgan fingerprint density at radius 2 is 1.80 bits per heavy atom. The Hall–Kier alpha value is -4.88.